The predicted molar refractivity (Wildman–Crippen MR) is 89.9 cm³/mol. The standard InChI is InChI=1S/C16H34N4O/c1-6-7-8-19(5)16(17-4)18-13-15(14(2)3)20-9-11-21-12-10-20/h14-15H,6-13H2,1-5H3,(H,17,18). The number of guanidine groups is 1. The average molecular weight is 298 g/mol. The molecule has 1 unspecified atom stereocenters. The van der Waals surface area contributed by atoms with Crippen LogP contribution in [-0.4, -0.2) is 75.3 Å². The van der Waals surface area contributed by atoms with Crippen LogP contribution in [0.4, 0.5) is 0 Å². The Labute approximate surface area is 130 Å². The van der Waals surface area contributed by atoms with Crippen molar-refractivity contribution in [3.05, 3.63) is 0 Å². The zero-order chi connectivity index (χ0) is 15.7. The van der Waals surface area contributed by atoms with Gasteiger partial charge < -0.3 is 15.0 Å². The minimum Gasteiger partial charge on any atom is -0.379 e. The highest BCUT2D eigenvalue weighted by molar-refractivity contribution is 5.79. The number of rotatable bonds is 7. The summed E-state index contributed by atoms with van der Waals surface area (Å²) < 4.78 is 5.46. The SMILES string of the molecule is CCCCN(C)C(=NC)NCC(C(C)C)N1CCOCC1. The molecule has 1 aliphatic heterocycles. The second-order valence-electron chi connectivity index (χ2n) is 6.16. The zero-order valence-electron chi connectivity index (χ0n) is 14.6. The Morgan fingerprint density at radius 3 is 2.52 bits per heavy atom. The number of ether oxygens (including phenoxy) is 1. The van der Waals surface area contributed by atoms with Gasteiger partial charge in [-0.1, -0.05) is 27.2 Å². The Bertz CT molecular complexity index is 301. The molecular formula is C16H34N4O. The largest absolute Gasteiger partial charge is 0.379 e. The minimum absolute atomic E-state index is 0.533. The van der Waals surface area contributed by atoms with E-state index >= 15 is 0 Å². The molecule has 5 heteroatoms. The third kappa shape index (κ3) is 6.22. The van der Waals surface area contributed by atoms with Crippen LogP contribution in [0.1, 0.15) is 33.6 Å². The second kappa shape index (κ2) is 10.0. The Morgan fingerprint density at radius 2 is 2.00 bits per heavy atom. The number of aliphatic imine (C=N–C) groups is 1. The van der Waals surface area contributed by atoms with E-state index in [-0.39, 0.29) is 0 Å². The summed E-state index contributed by atoms with van der Waals surface area (Å²) in [4.78, 5) is 9.17. The fourth-order valence-corrected chi connectivity index (χ4v) is 2.78. The maximum Gasteiger partial charge on any atom is 0.193 e. The highest BCUT2D eigenvalue weighted by Crippen LogP contribution is 2.12. The van der Waals surface area contributed by atoms with E-state index in [9.17, 15) is 0 Å². The molecule has 1 heterocycles. The van der Waals surface area contributed by atoms with Gasteiger partial charge in [-0.05, 0) is 12.3 Å². The lowest BCUT2D eigenvalue weighted by atomic mass is 10.0. The molecule has 0 spiro atoms. The molecule has 5 nitrogen and oxygen atoms in total. The van der Waals surface area contributed by atoms with Gasteiger partial charge >= 0.3 is 0 Å². The average Bonchev–Trinajstić information content (AvgIpc) is 2.49. The van der Waals surface area contributed by atoms with Gasteiger partial charge in [0.2, 0.25) is 0 Å². The number of hydrogen-bond acceptors (Lipinski definition) is 3. The smallest absolute Gasteiger partial charge is 0.193 e. The maximum atomic E-state index is 5.46. The maximum absolute atomic E-state index is 5.46. The Kier molecular flexibility index (Phi) is 8.69. The van der Waals surface area contributed by atoms with Gasteiger partial charge in [0.15, 0.2) is 5.96 Å². The molecule has 0 aromatic rings. The molecule has 1 N–H and O–H groups in total. The second-order valence-corrected chi connectivity index (χ2v) is 6.16. The number of nitrogens with one attached hydrogen (secondary N) is 1. The summed E-state index contributed by atoms with van der Waals surface area (Å²) >= 11 is 0. The molecule has 0 radical (unpaired) electrons. The first-order chi connectivity index (χ1) is 10.1. The van der Waals surface area contributed by atoms with Gasteiger partial charge in [0.1, 0.15) is 0 Å². The summed E-state index contributed by atoms with van der Waals surface area (Å²) in [6, 6.07) is 0.533. The van der Waals surface area contributed by atoms with Crippen molar-refractivity contribution in [2.75, 3.05) is 53.5 Å². The number of morpholine rings is 1. The highest BCUT2D eigenvalue weighted by Gasteiger charge is 2.24. The zero-order valence-corrected chi connectivity index (χ0v) is 14.6. The Balaban J connectivity index is 2.50. The molecule has 1 saturated heterocycles. The van der Waals surface area contributed by atoms with Crippen molar-refractivity contribution in [1.82, 2.24) is 15.1 Å². The van der Waals surface area contributed by atoms with Crippen LogP contribution in [0.25, 0.3) is 0 Å². The van der Waals surface area contributed by atoms with Gasteiger partial charge in [0.25, 0.3) is 0 Å². The van der Waals surface area contributed by atoms with E-state index in [0.29, 0.717) is 12.0 Å². The van der Waals surface area contributed by atoms with Crippen LogP contribution in [0, 0.1) is 5.92 Å². The van der Waals surface area contributed by atoms with Crippen LogP contribution in [0.5, 0.6) is 0 Å². The van der Waals surface area contributed by atoms with E-state index in [0.717, 1.165) is 45.4 Å². The summed E-state index contributed by atoms with van der Waals surface area (Å²) in [5, 5.41) is 3.55. The van der Waals surface area contributed by atoms with Crippen LogP contribution in [0.3, 0.4) is 0 Å². The Morgan fingerprint density at radius 1 is 1.33 bits per heavy atom. The summed E-state index contributed by atoms with van der Waals surface area (Å²) in [5.74, 6) is 1.62. The van der Waals surface area contributed by atoms with Gasteiger partial charge in [-0.15, -0.1) is 0 Å². The van der Waals surface area contributed by atoms with Crippen molar-refractivity contribution in [3.63, 3.8) is 0 Å². The third-order valence-corrected chi connectivity index (χ3v) is 4.17. The molecule has 0 aromatic heterocycles. The topological polar surface area (TPSA) is 40.1 Å². The van der Waals surface area contributed by atoms with Crippen molar-refractivity contribution in [2.45, 2.75) is 39.7 Å². The molecule has 1 atom stereocenters. The first-order valence-electron chi connectivity index (χ1n) is 8.33. The number of nitrogens with zero attached hydrogens (tertiary/aromatic N) is 3. The van der Waals surface area contributed by atoms with Crippen molar-refractivity contribution in [3.8, 4) is 0 Å². The number of hydrogen-bond donors (Lipinski definition) is 1. The molecule has 0 aliphatic carbocycles. The van der Waals surface area contributed by atoms with Crippen molar-refractivity contribution in [1.29, 1.82) is 0 Å². The normalized spacial score (nSPS) is 18.9. The molecule has 124 valence electrons. The highest BCUT2D eigenvalue weighted by atomic mass is 16.5. The molecule has 0 saturated carbocycles. The summed E-state index contributed by atoms with van der Waals surface area (Å²) in [7, 11) is 3.98. The van der Waals surface area contributed by atoms with Gasteiger partial charge in [-0.2, -0.15) is 0 Å². The molecule has 21 heavy (non-hydrogen) atoms. The fraction of sp³-hybridized carbons (Fsp3) is 0.938. The molecule has 1 fully saturated rings. The molecule has 1 aliphatic rings. The van der Waals surface area contributed by atoms with Gasteiger partial charge in [0.05, 0.1) is 13.2 Å². The van der Waals surface area contributed by atoms with Gasteiger partial charge in [-0.25, -0.2) is 0 Å². The van der Waals surface area contributed by atoms with Gasteiger partial charge in [-0.3, -0.25) is 9.89 Å². The van der Waals surface area contributed by atoms with E-state index in [1.165, 1.54) is 12.8 Å². The monoisotopic (exact) mass is 298 g/mol. The van der Waals surface area contributed by atoms with Crippen LogP contribution in [0.2, 0.25) is 0 Å². The summed E-state index contributed by atoms with van der Waals surface area (Å²) in [6.07, 6.45) is 2.41. The summed E-state index contributed by atoms with van der Waals surface area (Å²) in [6.45, 7) is 12.6. The lowest BCUT2D eigenvalue weighted by molar-refractivity contribution is 0.00742. The Hall–Kier alpha value is -0.810. The van der Waals surface area contributed by atoms with E-state index in [2.05, 4.69) is 47.9 Å². The molecule has 1 rings (SSSR count). The van der Waals surface area contributed by atoms with Crippen LogP contribution in [-0.2, 0) is 4.74 Å². The summed E-state index contributed by atoms with van der Waals surface area (Å²) in [5.41, 5.74) is 0. The van der Waals surface area contributed by atoms with Crippen molar-refractivity contribution < 1.29 is 4.74 Å². The van der Waals surface area contributed by atoms with E-state index in [1.54, 1.807) is 0 Å². The molecular weight excluding hydrogens is 264 g/mol. The van der Waals surface area contributed by atoms with E-state index in [1.807, 2.05) is 7.05 Å². The first-order valence-corrected chi connectivity index (χ1v) is 8.33. The minimum atomic E-state index is 0.533. The lowest BCUT2D eigenvalue weighted by Gasteiger charge is -2.37. The predicted octanol–water partition coefficient (Wildman–Crippen LogP) is 1.65. The molecule has 0 aromatic carbocycles. The lowest BCUT2D eigenvalue weighted by Crippen LogP contribution is -2.52. The third-order valence-electron chi connectivity index (χ3n) is 4.17. The molecule has 0 bridgehead atoms. The first kappa shape index (κ1) is 18.2. The van der Waals surface area contributed by atoms with Crippen LogP contribution in [0.15, 0.2) is 4.99 Å². The quantitative estimate of drug-likeness (QED) is 0.573. The van der Waals surface area contributed by atoms with Gasteiger partial charge in [0, 0.05) is 46.3 Å². The number of unbranched alkanes of at least 4 members (excludes halogenated alkanes) is 1. The fourth-order valence-electron chi connectivity index (χ4n) is 2.78. The molecule has 0 amide bonds. The van der Waals surface area contributed by atoms with Crippen molar-refractivity contribution in [2.24, 2.45) is 10.9 Å². The van der Waals surface area contributed by atoms with E-state index in [4.69, 9.17) is 4.74 Å². The van der Waals surface area contributed by atoms with E-state index < -0.39 is 0 Å². The van der Waals surface area contributed by atoms with Crippen LogP contribution < -0.4 is 5.32 Å². The van der Waals surface area contributed by atoms with Crippen molar-refractivity contribution >= 4 is 5.96 Å². The van der Waals surface area contributed by atoms with Crippen LogP contribution >= 0.6 is 0 Å².